The summed E-state index contributed by atoms with van der Waals surface area (Å²) in [5, 5.41) is 6.92. The van der Waals surface area contributed by atoms with Gasteiger partial charge in [-0.25, -0.2) is 0 Å². The summed E-state index contributed by atoms with van der Waals surface area (Å²) in [6.45, 7) is 0.720. The fraction of sp³-hybridized carbons (Fsp3) is 0.214. The van der Waals surface area contributed by atoms with Crippen LogP contribution in [0.25, 0.3) is 0 Å². The molecule has 0 unspecified atom stereocenters. The first-order valence-electron chi connectivity index (χ1n) is 6.33. The van der Waals surface area contributed by atoms with E-state index in [4.69, 9.17) is 18.0 Å². The van der Waals surface area contributed by atoms with Crippen molar-refractivity contribution in [3.05, 3.63) is 48.3 Å². The lowest BCUT2D eigenvalue weighted by atomic mass is 10.1. The van der Waals surface area contributed by atoms with Crippen molar-refractivity contribution in [2.24, 2.45) is 5.73 Å². The molecule has 0 aliphatic heterocycles. The lowest BCUT2D eigenvalue weighted by molar-refractivity contribution is -0.116. The second kappa shape index (κ2) is 6.81. The molecule has 2 rings (SSSR count). The second-order valence-electron chi connectivity index (χ2n) is 4.33. The number of nitrogens with two attached hydrogens (primary N) is 1. The van der Waals surface area contributed by atoms with Crippen LogP contribution in [0.4, 0.5) is 5.69 Å². The van der Waals surface area contributed by atoms with Crippen LogP contribution in [0.5, 0.6) is 0 Å². The minimum atomic E-state index is -0.0548. The molecule has 104 valence electrons. The summed E-state index contributed by atoms with van der Waals surface area (Å²) in [6, 6.07) is 9.11. The molecular weight excluding hydrogens is 272 g/mol. The molecule has 1 aromatic carbocycles. The number of aryl methyl sites for hydroxylation is 1. The SMILES string of the molecule is NC(=S)c1ccccc1NC(=O)CCCn1cccn1. The van der Waals surface area contributed by atoms with Gasteiger partial charge in [-0.3, -0.25) is 9.48 Å². The second-order valence-corrected chi connectivity index (χ2v) is 4.77. The number of hydrogen-bond donors (Lipinski definition) is 2. The van der Waals surface area contributed by atoms with Crippen molar-refractivity contribution >= 4 is 28.8 Å². The molecule has 0 atom stereocenters. The van der Waals surface area contributed by atoms with Gasteiger partial charge in [0.1, 0.15) is 4.99 Å². The zero-order valence-corrected chi connectivity index (χ0v) is 11.8. The predicted molar refractivity (Wildman–Crippen MR) is 82.4 cm³/mol. The maximum absolute atomic E-state index is 11.9. The number of carbonyl (C=O) groups excluding carboxylic acids is 1. The number of carbonyl (C=O) groups is 1. The van der Waals surface area contributed by atoms with Crippen molar-refractivity contribution in [1.29, 1.82) is 0 Å². The van der Waals surface area contributed by atoms with Crippen LogP contribution in [0.3, 0.4) is 0 Å². The van der Waals surface area contributed by atoms with E-state index in [0.717, 1.165) is 13.0 Å². The third-order valence-corrected chi connectivity index (χ3v) is 3.04. The Labute approximate surface area is 122 Å². The molecule has 0 saturated heterocycles. The predicted octanol–water partition coefficient (Wildman–Crippen LogP) is 1.94. The van der Waals surface area contributed by atoms with E-state index in [1.165, 1.54) is 0 Å². The van der Waals surface area contributed by atoms with Crippen molar-refractivity contribution in [3.63, 3.8) is 0 Å². The van der Waals surface area contributed by atoms with E-state index in [1.807, 2.05) is 24.4 Å². The van der Waals surface area contributed by atoms with Gasteiger partial charge in [0.2, 0.25) is 5.91 Å². The summed E-state index contributed by atoms with van der Waals surface area (Å²) < 4.78 is 1.80. The highest BCUT2D eigenvalue weighted by molar-refractivity contribution is 7.80. The van der Waals surface area contributed by atoms with E-state index in [1.54, 1.807) is 23.0 Å². The van der Waals surface area contributed by atoms with E-state index in [-0.39, 0.29) is 10.9 Å². The van der Waals surface area contributed by atoms with Crippen molar-refractivity contribution in [1.82, 2.24) is 9.78 Å². The summed E-state index contributed by atoms with van der Waals surface area (Å²) >= 11 is 4.96. The normalized spacial score (nSPS) is 10.2. The van der Waals surface area contributed by atoms with Gasteiger partial charge in [0.05, 0.1) is 5.69 Å². The third kappa shape index (κ3) is 3.89. The van der Waals surface area contributed by atoms with E-state index >= 15 is 0 Å². The van der Waals surface area contributed by atoms with Gasteiger partial charge in [-0.15, -0.1) is 0 Å². The summed E-state index contributed by atoms with van der Waals surface area (Å²) in [7, 11) is 0. The Morgan fingerprint density at radius 1 is 1.35 bits per heavy atom. The highest BCUT2D eigenvalue weighted by Crippen LogP contribution is 2.15. The molecule has 5 nitrogen and oxygen atoms in total. The smallest absolute Gasteiger partial charge is 0.224 e. The van der Waals surface area contributed by atoms with Gasteiger partial charge in [0.15, 0.2) is 0 Å². The van der Waals surface area contributed by atoms with Crippen LogP contribution in [0.2, 0.25) is 0 Å². The molecule has 0 spiro atoms. The van der Waals surface area contributed by atoms with Gasteiger partial charge < -0.3 is 11.1 Å². The Morgan fingerprint density at radius 3 is 2.85 bits per heavy atom. The Morgan fingerprint density at radius 2 is 2.15 bits per heavy atom. The van der Waals surface area contributed by atoms with E-state index < -0.39 is 0 Å². The Kier molecular flexibility index (Phi) is 4.84. The minimum Gasteiger partial charge on any atom is -0.389 e. The van der Waals surface area contributed by atoms with Gasteiger partial charge in [0, 0.05) is 30.9 Å². The zero-order chi connectivity index (χ0) is 14.4. The monoisotopic (exact) mass is 288 g/mol. The van der Waals surface area contributed by atoms with E-state index in [2.05, 4.69) is 10.4 Å². The maximum atomic E-state index is 11.9. The Bertz CT molecular complexity index is 595. The molecule has 1 aromatic heterocycles. The highest BCUT2D eigenvalue weighted by Gasteiger charge is 2.08. The highest BCUT2D eigenvalue weighted by atomic mass is 32.1. The zero-order valence-electron chi connectivity index (χ0n) is 11.0. The number of amides is 1. The van der Waals surface area contributed by atoms with Crippen molar-refractivity contribution < 1.29 is 4.79 Å². The number of nitrogens with zero attached hydrogens (tertiary/aromatic N) is 2. The minimum absolute atomic E-state index is 0.0548. The number of para-hydroxylation sites is 1. The molecule has 1 amide bonds. The van der Waals surface area contributed by atoms with E-state index in [9.17, 15) is 4.79 Å². The molecule has 0 aliphatic carbocycles. The quantitative estimate of drug-likeness (QED) is 0.797. The summed E-state index contributed by atoms with van der Waals surface area (Å²) in [5.41, 5.74) is 6.96. The van der Waals surface area contributed by atoms with Gasteiger partial charge in [0.25, 0.3) is 0 Å². The fourth-order valence-corrected chi connectivity index (χ4v) is 2.03. The first-order chi connectivity index (χ1) is 9.66. The third-order valence-electron chi connectivity index (χ3n) is 2.82. The van der Waals surface area contributed by atoms with Crippen LogP contribution in [0.1, 0.15) is 18.4 Å². The number of anilines is 1. The molecule has 20 heavy (non-hydrogen) atoms. The van der Waals surface area contributed by atoms with Crippen LogP contribution in [-0.2, 0) is 11.3 Å². The molecule has 0 bridgehead atoms. The molecule has 0 fully saturated rings. The lowest BCUT2D eigenvalue weighted by Crippen LogP contribution is -2.17. The average molecular weight is 288 g/mol. The number of benzene rings is 1. The molecule has 0 aliphatic rings. The topological polar surface area (TPSA) is 72.9 Å². The number of thiocarbonyl (C=S) groups is 1. The maximum Gasteiger partial charge on any atom is 0.224 e. The van der Waals surface area contributed by atoms with Gasteiger partial charge in [-0.05, 0) is 24.6 Å². The van der Waals surface area contributed by atoms with Crippen LogP contribution in [0, 0.1) is 0 Å². The molecule has 0 saturated carbocycles. The van der Waals surface area contributed by atoms with Crippen LogP contribution >= 0.6 is 12.2 Å². The molecule has 3 N–H and O–H groups in total. The van der Waals surface area contributed by atoms with Gasteiger partial charge in [-0.2, -0.15) is 5.10 Å². The standard InChI is InChI=1S/C14H16N4OS/c15-14(20)11-5-1-2-6-12(11)17-13(19)7-3-9-18-10-4-8-16-18/h1-2,4-6,8,10H,3,7,9H2,(H2,15,20)(H,17,19). The van der Waals surface area contributed by atoms with Crippen molar-refractivity contribution in [2.45, 2.75) is 19.4 Å². The first kappa shape index (κ1) is 14.2. The molecule has 1 heterocycles. The van der Waals surface area contributed by atoms with Crippen molar-refractivity contribution in [2.75, 3.05) is 5.32 Å². The average Bonchev–Trinajstić information content (AvgIpc) is 2.92. The molecule has 6 heteroatoms. The summed E-state index contributed by atoms with van der Waals surface area (Å²) in [4.78, 5) is 12.2. The van der Waals surface area contributed by atoms with Gasteiger partial charge >= 0.3 is 0 Å². The number of nitrogens with one attached hydrogen (secondary N) is 1. The fourth-order valence-electron chi connectivity index (χ4n) is 1.85. The largest absolute Gasteiger partial charge is 0.389 e. The number of aromatic nitrogens is 2. The molecular formula is C14H16N4OS. The van der Waals surface area contributed by atoms with E-state index in [0.29, 0.717) is 17.7 Å². The molecule has 0 radical (unpaired) electrons. The van der Waals surface area contributed by atoms with Crippen LogP contribution in [-0.4, -0.2) is 20.7 Å². The molecule has 2 aromatic rings. The van der Waals surface area contributed by atoms with Crippen LogP contribution < -0.4 is 11.1 Å². The van der Waals surface area contributed by atoms with Gasteiger partial charge in [-0.1, -0.05) is 24.4 Å². The number of hydrogen-bond acceptors (Lipinski definition) is 3. The first-order valence-corrected chi connectivity index (χ1v) is 6.74. The number of rotatable bonds is 6. The summed E-state index contributed by atoms with van der Waals surface area (Å²) in [6.07, 6.45) is 4.74. The Balaban J connectivity index is 1.87. The lowest BCUT2D eigenvalue weighted by Gasteiger charge is -2.09. The van der Waals surface area contributed by atoms with Crippen molar-refractivity contribution in [3.8, 4) is 0 Å². The summed E-state index contributed by atoms with van der Waals surface area (Å²) in [5.74, 6) is -0.0548. The Hall–Kier alpha value is -2.21. The van der Waals surface area contributed by atoms with Crippen LogP contribution in [0.15, 0.2) is 42.7 Å².